The molecule has 0 aromatic heterocycles. The van der Waals surface area contributed by atoms with Crippen LogP contribution in [0.25, 0.3) is 0 Å². The normalized spacial score (nSPS) is 30.5. The molecule has 1 saturated heterocycles. The van der Waals surface area contributed by atoms with Gasteiger partial charge in [0, 0.05) is 25.2 Å². The van der Waals surface area contributed by atoms with Gasteiger partial charge in [0.2, 0.25) is 0 Å². The molecule has 2 unspecified atom stereocenters. The highest BCUT2D eigenvalue weighted by Gasteiger charge is 2.28. The third-order valence-electron chi connectivity index (χ3n) is 3.70. The maximum absolute atomic E-state index is 5.79. The molecule has 1 fully saturated rings. The molecule has 3 heteroatoms. The van der Waals surface area contributed by atoms with Crippen LogP contribution < -0.4 is 5.32 Å². The molecule has 0 amide bonds. The highest BCUT2D eigenvalue weighted by molar-refractivity contribution is 4.81. The lowest BCUT2D eigenvalue weighted by atomic mass is 10.00. The molecule has 0 spiro atoms. The zero-order valence-electron chi connectivity index (χ0n) is 12.4. The first-order valence-electron chi connectivity index (χ1n) is 7.03. The first-order valence-corrected chi connectivity index (χ1v) is 7.03. The first kappa shape index (κ1) is 14.9. The van der Waals surface area contributed by atoms with Gasteiger partial charge in [0.05, 0.1) is 12.2 Å². The van der Waals surface area contributed by atoms with E-state index in [9.17, 15) is 0 Å². The van der Waals surface area contributed by atoms with Gasteiger partial charge >= 0.3 is 0 Å². The fourth-order valence-corrected chi connectivity index (χ4v) is 2.50. The summed E-state index contributed by atoms with van der Waals surface area (Å²) in [6.07, 6.45) is 0.734. The Balaban J connectivity index is 2.42. The molecule has 17 heavy (non-hydrogen) atoms. The zero-order chi connectivity index (χ0) is 13.0. The summed E-state index contributed by atoms with van der Waals surface area (Å²) >= 11 is 0. The van der Waals surface area contributed by atoms with E-state index in [0.717, 1.165) is 19.6 Å². The maximum atomic E-state index is 5.79. The minimum absolute atomic E-state index is 0.367. The number of nitrogens with one attached hydrogen (secondary N) is 1. The van der Waals surface area contributed by atoms with Gasteiger partial charge in [0.1, 0.15) is 0 Å². The predicted molar refractivity (Wildman–Crippen MR) is 73.3 cm³/mol. The standard InChI is InChI=1S/C14H30N2O/c1-10(2)15-7-11(3)14(6)16-8-12(4)17-13(5)9-16/h10-15H,7-9H2,1-6H3/t11?,12-,13+,14?. The molecule has 1 aliphatic heterocycles. The van der Waals surface area contributed by atoms with E-state index in [0.29, 0.717) is 30.2 Å². The van der Waals surface area contributed by atoms with Gasteiger partial charge in [-0.15, -0.1) is 0 Å². The summed E-state index contributed by atoms with van der Waals surface area (Å²) in [5.41, 5.74) is 0. The highest BCUT2D eigenvalue weighted by atomic mass is 16.5. The SMILES string of the molecule is CC(C)NCC(C)C(C)N1C[C@@H](C)O[C@@H](C)C1. The van der Waals surface area contributed by atoms with Gasteiger partial charge in [-0.3, -0.25) is 4.90 Å². The Bertz CT molecular complexity index is 210. The monoisotopic (exact) mass is 242 g/mol. The molecule has 0 aromatic carbocycles. The van der Waals surface area contributed by atoms with Crippen LogP contribution >= 0.6 is 0 Å². The quantitative estimate of drug-likeness (QED) is 0.799. The molecule has 1 aliphatic rings. The molecule has 1 heterocycles. The third-order valence-corrected chi connectivity index (χ3v) is 3.70. The maximum Gasteiger partial charge on any atom is 0.0678 e. The molecular formula is C14H30N2O. The molecule has 0 bridgehead atoms. The molecule has 4 atom stereocenters. The average Bonchev–Trinajstić information content (AvgIpc) is 2.23. The second-order valence-corrected chi connectivity index (χ2v) is 5.99. The van der Waals surface area contributed by atoms with Crippen LogP contribution in [-0.4, -0.2) is 48.8 Å². The number of morpholine rings is 1. The van der Waals surface area contributed by atoms with Crippen LogP contribution in [0.2, 0.25) is 0 Å². The van der Waals surface area contributed by atoms with Crippen molar-refractivity contribution in [1.82, 2.24) is 10.2 Å². The van der Waals surface area contributed by atoms with Crippen molar-refractivity contribution in [3.8, 4) is 0 Å². The average molecular weight is 242 g/mol. The van der Waals surface area contributed by atoms with Gasteiger partial charge in [-0.1, -0.05) is 20.8 Å². The minimum atomic E-state index is 0.367. The Morgan fingerprint density at radius 1 is 1.12 bits per heavy atom. The molecular weight excluding hydrogens is 212 g/mol. The molecule has 0 radical (unpaired) electrons. The van der Waals surface area contributed by atoms with E-state index in [-0.39, 0.29) is 0 Å². The topological polar surface area (TPSA) is 24.5 Å². The molecule has 3 nitrogen and oxygen atoms in total. The largest absolute Gasteiger partial charge is 0.373 e. The molecule has 0 aliphatic carbocycles. The molecule has 102 valence electrons. The van der Waals surface area contributed by atoms with Gasteiger partial charge in [0.25, 0.3) is 0 Å². The van der Waals surface area contributed by atoms with Gasteiger partial charge < -0.3 is 10.1 Å². The van der Waals surface area contributed by atoms with Gasteiger partial charge in [0.15, 0.2) is 0 Å². The molecule has 1 rings (SSSR count). The fourth-order valence-electron chi connectivity index (χ4n) is 2.50. The Morgan fingerprint density at radius 2 is 1.65 bits per heavy atom. The number of ether oxygens (including phenoxy) is 1. The first-order chi connectivity index (χ1) is 7.90. The van der Waals surface area contributed by atoms with Crippen LogP contribution in [-0.2, 0) is 4.74 Å². The summed E-state index contributed by atoms with van der Waals surface area (Å²) in [4.78, 5) is 2.57. The molecule has 0 aromatic rings. The van der Waals surface area contributed by atoms with Crippen molar-refractivity contribution in [3.05, 3.63) is 0 Å². The lowest BCUT2D eigenvalue weighted by Gasteiger charge is -2.41. The number of hydrogen-bond donors (Lipinski definition) is 1. The summed E-state index contributed by atoms with van der Waals surface area (Å²) < 4.78 is 5.79. The van der Waals surface area contributed by atoms with Crippen LogP contribution in [0.3, 0.4) is 0 Å². The lowest BCUT2D eigenvalue weighted by molar-refractivity contribution is -0.0837. The van der Waals surface area contributed by atoms with Crippen LogP contribution in [0, 0.1) is 5.92 Å². The minimum Gasteiger partial charge on any atom is -0.373 e. The summed E-state index contributed by atoms with van der Waals surface area (Å²) in [5, 5.41) is 3.53. The lowest BCUT2D eigenvalue weighted by Crippen LogP contribution is -2.52. The van der Waals surface area contributed by atoms with E-state index < -0.39 is 0 Å². The Labute approximate surface area is 107 Å². The second kappa shape index (κ2) is 6.72. The van der Waals surface area contributed by atoms with Crippen LogP contribution in [0.5, 0.6) is 0 Å². The zero-order valence-corrected chi connectivity index (χ0v) is 12.4. The van der Waals surface area contributed by atoms with Gasteiger partial charge in [-0.2, -0.15) is 0 Å². The Hall–Kier alpha value is -0.120. The molecule has 0 saturated carbocycles. The summed E-state index contributed by atoms with van der Waals surface area (Å²) in [7, 11) is 0. The summed E-state index contributed by atoms with van der Waals surface area (Å²) in [5.74, 6) is 0.676. The van der Waals surface area contributed by atoms with Crippen molar-refractivity contribution in [3.63, 3.8) is 0 Å². The van der Waals surface area contributed by atoms with Crippen molar-refractivity contribution in [1.29, 1.82) is 0 Å². The van der Waals surface area contributed by atoms with Gasteiger partial charge in [-0.05, 0) is 33.2 Å². The van der Waals surface area contributed by atoms with E-state index in [4.69, 9.17) is 4.74 Å². The van der Waals surface area contributed by atoms with Gasteiger partial charge in [-0.25, -0.2) is 0 Å². The van der Waals surface area contributed by atoms with E-state index in [2.05, 4.69) is 51.8 Å². The second-order valence-electron chi connectivity index (χ2n) is 5.99. The third kappa shape index (κ3) is 4.94. The van der Waals surface area contributed by atoms with Crippen LogP contribution in [0.15, 0.2) is 0 Å². The van der Waals surface area contributed by atoms with Crippen molar-refractivity contribution in [2.24, 2.45) is 5.92 Å². The Kier molecular flexibility index (Phi) is 5.90. The van der Waals surface area contributed by atoms with E-state index in [1.807, 2.05) is 0 Å². The van der Waals surface area contributed by atoms with E-state index in [1.54, 1.807) is 0 Å². The van der Waals surface area contributed by atoms with Crippen LogP contribution in [0.4, 0.5) is 0 Å². The fraction of sp³-hybridized carbons (Fsp3) is 1.00. The highest BCUT2D eigenvalue weighted by Crippen LogP contribution is 2.17. The Morgan fingerprint density at radius 3 is 2.12 bits per heavy atom. The number of hydrogen-bond acceptors (Lipinski definition) is 3. The van der Waals surface area contributed by atoms with Crippen LogP contribution in [0.1, 0.15) is 41.5 Å². The van der Waals surface area contributed by atoms with Crippen molar-refractivity contribution in [2.75, 3.05) is 19.6 Å². The van der Waals surface area contributed by atoms with Crippen molar-refractivity contribution >= 4 is 0 Å². The molecule has 1 N–H and O–H groups in total. The summed E-state index contributed by atoms with van der Waals surface area (Å²) in [6, 6.07) is 1.20. The summed E-state index contributed by atoms with van der Waals surface area (Å²) in [6.45, 7) is 16.7. The smallest absolute Gasteiger partial charge is 0.0678 e. The number of nitrogens with zero attached hydrogens (tertiary/aromatic N) is 1. The van der Waals surface area contributed by atoms with E-state index in [1.165, 1.54) is 0 Å². The van der Waals surface area contributed by atoms with Crippen molar-refractivity contribution < 1.29 is 4.74 Å². The van der Waals surface area contributed by atoms with Crippen molar-refractivity contribution in [2.45, 2.75) is 65.8 Å². The predicted octanol–water partition coefficient (Wildman–Crippen LogP) is 2.12. The number of rotatable bonds is 5. The van der Waals surface area contributed by atoms with E-state index >= 15 is 0 Å².